The molecule has 0 aliphatic heterocycles. The van der Waals surface area contributed by atoms with E-state index in [2.05, 4.69) is 43.2 Å². The molecule has 0 aliphatic rings. The zero-order chi connectivity index (χ0) is 17.9. The molecule has 3 rings (SSSR count). The third-order valence-electron chi connectivity index (χ3n) is 4.13. The van der Waals surface area contributed by atoms with Crippen LogP contribution in [-0.2, 0) is 12.0 Å². The van der Waals surface area contributed by atoms with Crippen LogP contribution < -0.4 is 10.3 Å². The molecule has 0 radical (unpaired) electrons. The Kier molecular flexibility index (Phi) is 4.83. The number of hydrogen-bond acceptors (Lipinski definition) is 4. The Bertz CT molecular complexity index is 909. The summed E-state index contributed by atoms with van der Waals surface area (Å²) in [5.41, 5.74) is 1.92. The molecule has 0 N–H and O–H groups in total. The van der Waals surface area contributed by atoms with Crippen LogP contribution in [0.3, 0.4) is 0 Å². The quantitative estimate of drug-likeness (QED) is 0.668. The van der Waals surface area contributed by atoms with Crippen molar-refractivity contribution in [3.05, 3.63) is 64.4 Å². The number of aromatic nitrogens is 3. The van der Waals surface area contributed by atoms with Crippen molar-refractivity contribution in [3.63, 3.8) is 0 Å². The van der Waals surface area contributed by atoms with Gasteiger partial charge in [0.2, 0.25) is 0 Å². The molecule has 0 aliphatic carbocycles. The molecule has 0 spiro atoms. The highest BCUT2D eigenvalue weighted by molar-refractivity contribution is 5.76. The lowest BCUT2D eigenvalue weighted by Gasteiger charge is -2.19. The molecule has 0 amide bonds. The van der Waals surface area contributed by atoms with Crippen LogP contribution in [0.2, 0.25) is 0 Å². The minimum Gasteiger partial charge on any atom is -0.494 e. The van der Waals surface area contributed by atoms with Gasteiger partial charge in [-0.25, -0.2) is 4.68 Å². The van der Waals surface area contributed by atoms with Crippen LogP contribution in [0.25, 0.3) is 10.9 Å². The minimum absolute atomic E-state index is 0.111. The molecule has 5 nitrogen and oxygen atoms in total. The number of ether oxygens (including phenoxy) is 1. The topological polar surface area (TPSA) is 57.0 Å². The maximum absolute atomic E-state index is 12.3. The molecule has 0 unspecified atom stereocenters. The van der Waals surface area contributed by atoms with Crippen molar-refractivity contribution in [2.45, 2.75) is 39.2 Å². The first-order valence-electron chi connectivity index (χ1n) is 8.51. The monoisotopic (exact) mass is 337 g/mol. The van der Waals surface area contributed by atoms with Crippen LogP contribution in [0.5, 0.6) is 5.75 Å². The summed E-state index contributed by atoms with van der Waals surface area (Å²) in [4.78, 5) is 12.3. The van der Waals surface area contributed by atoms with E-state index in [1.807, 2.05) is 24.3 Å². The van der Waals surface area contributed by atoms with Crippen LogP contribution >= 0.6 is 0 Å². The van der Waals surface area contributed by atoms with Gasteiger partial charge in [0, 0.05) is 13.0 Å². The standard InChI is InChI=1S/C20H23N3O2/c1-20(2,3)15-9-11-16(12-10-15)25-14-6-13-23-19(24)17-7-4-5-8-18(17)21-22-23/h4-5,7-12H,6,13-14H2,1-3H3. The Labute approximate surface area is 147 Å². The molecular weight excluding hydrogens is 314 g/mol. The van der Waals surface area contributed by atoms with Crippen molar-refractivity contribution in [2.75, 3.05) is 6.61 Å². The van der Waals surface area contributed by atoms with E-state index in [1.165, 1.54) is 10.2 Å². The molecule has 0 saturated carbocycles. The lowest BCUT2D eigenvalue weighted by Crippen LogP contribution is -2.25. The fourth-order valence-electron chi connectivity index (χ4n) is 2.63. The number of fused-ring (bicyclic) bond motifs is 1. The smallest absolute Gasteiger partial charge is 0.277 e. The Morgan fingerprint density at radius 3 is 2.48 bits per heavy atom. The number of aryl methyl sites for hydroxylation is 1. The summed E-state index contributed by atoms with van der Waals surface area (Å²) in [6, 6.07) is 15.4. The lowest BCUT2D eigenvalue weighted by atomic mass is 9.87. The molecule has 0 saturated heterocycles. The third kappa shape index (κ3) is 4.05. The largest absolute Gasteiger partial charge is 0.494 e. The van der Waals surface area contributed by atoms with E-state index in [4.69, 9.17) is 4.74 Å². The van der Waals surface area contributed by atoms with Crippen molar-refractivity contribution in [1.29, 1.82) is 0 Å². The van der Waals surface area contributed by atoms with Crippen molar-refractivity contribution >= 4 is 10.9 Å². The molecule has 25 heavy (non-hydrogen) atoms. The molecule has 0 bridgehead atoms. The fraction of sp³-hybridized carbons (Fsp3) is 0.350. The molecule has 1 heterocycles. The van der Waals surface area contributed by atoms with Crippen LogP contribution in [0.4, 0.5) is 0 Å². The zero-order valence-corrected chi connectivity index (χ0v) is 14.9. The summed E-state index contributed by atoms with van der Waals surface area (Å²) in [6.07, 6.45) is 0.688. The van der Waals surface area contributed by atoms with E-state index in [1.54, 1.807) is 12.1 Å². The number of benzene rings is 2. The van der Waals surface area contributed by atoms with Gasteiger partial charge in [-0.2, -0.15) is 0 Å². The number of hydrogen-bond donors (Lipinski definition) is 0. The van der Waals surface area contributed by atoms with Crippen LogP contribution in [-0.4, -0.2) is 21.6 Å². The average molecular weight is 337 g/mol. The van der Waals surface area contributed by atoms with Gasteiger partial charge in [0.15, 0.2) is 0 Å². The maximum Gasteiger partial charge on any atom is 0.277 e. The SMILES string of the molecule is CC(C)(C)c1ccc(OCCCn2nnc3ccccc3c2=O)cc1. The highest BCUT2D eigenvalue weighted by Gasteiger charge is 2.12. The number of nitrogens with zero attached hydrogens (tertiary/aromatic N) is 3. The highest BCUT2D eigenvalue weighted by Crippen LogP contribution is 2.24. The second-order valence-corrected chi connectivity index (χ2v) is 7.11. The Morgan fingerprint density at radius 2 is 1.76 bits per heavy atom. The molecule has 0 fully saturated rings. The second kappa shape index (κ2) is 7.05. The summed E-state index contributed by atoms with van der Waals surface area (Å²) >= 11 is 0. The third-order valence-corrected chi connectivity index (χ3v) is 4.13. The van der Waals surface area contributed by atoms with Gasteiger partial charge in [-0.15, -0.1) is 5.10 Å². The van der Waals surface area contributed by atoms with E-state index in [0.717, 1.165) is 5.75 Å². The first-order chi connectivity index (χ1) is 11.9. The minimum atomic E-state index is -0.111. The Hall–Kier alpha value is -2.69. The maximum atomic E-state index is 12.3. The van der Waals surface area contributed by atoms with E-state index < -0.39 is 0 Å². The first kappa shape index (κ1) is 17.1. The first-order valence-corrected chi connectivity index (χ1v) is 8.51. The molecule has 130 valence electrons. The summed E-state index contributed by atoms with van der Waals surface area (Å²) in [5.74, 6) is 0.838. The van der Waals surface area contributed by atoms with E-state index in [0.29, 0.717) is 30.5 Å². The van der Waals surface area contributed by atoms with E-state index in [-0.39, 0.29) is 11.0 Å². The van der Waals surface area contributed by atoms with Gasteiger partial charge < -0.3 is 4.74 Å². The van der Waals surface area contributed by atoms with Crippen LogP contribution in [0, 0.1) is 0 Å². The van der Waals surface area contributed by atoms with Crippen molar-refractivity contribution in [1.82, 2.24) is 15.0 Å². The molecular formula is C20H23N3O2. The molecule has 1 aromatic heterocycles. The van der Waals surface area contributed by atoms with E-state index >= 15 is 0 Å². The second-order valence-electron chi connectivity index (χ2n) is 7.11. The van der Waals surface area contributed by atoms with Gasteiger partial charge in [-0.3, -0.25) is 4.79 Å². The Balaban J connectivity index is 1.57. The van der Waals surface area contributed by atoms with Gasteiger partial charge in [0.25, 0.3) is 5.56 Å². The van der Waals surface area contributed by atoms with Gasteiger partial charge in [-0.05, 0) is 35.2 Å². The summed E-state index contributed by atoms with van der Waals surface area (Å²) < 4.78 is 7.16. The van der Waals surface area contributed by atoms with E-state index in [9.17, 15) is 4.79 Å². The fourth-order valence-corrected chi connectivity index (χ4v) is 2.63. The molecule has 5 heteroatoms. The van der Waals surface area contributed by atoms with Crippen molar-refractivity contribution in [3.8, 4) is 5.75 Å². The molecule has 0 atom stereocenters. The summed E-state index contributed by atoms with van der Waals surface area (Å²) in [5, 5.41) is 8.67. The van der Waals surface area contributed by atoms with Crippen LogP contribution in [0.15, 0.2) is 53.3 Å². The Morgan fingerprint density at radius 1 is 1.04 bits per heavy atom. The lowest BCUT2D eigenvalue weighted by molar-refractivity contribution is 0.296. The summed E-state index contributed by atoms with van der Waals surface area (Å²) in [6.45, 7) is 7.56. The normalized spacial score (nSPS) is 11.6. The van der Waals surface area contributed by atoms with Gasteiger partial charge in [0.05, 0.1) is 12.0 Å². The predicted molar refractivity (Wildman–Crippen MR) is 99.1 cm³/mol. The van der Waals surface area contributed by atoms with Crippen molar-refractivity contribution < 1.29 is 4.74 Å². The average Bonchev–Trinajstić information content (AvgIpc) is 2.60. The molecule has 3 aromatic rings. The highest BCUT2D eigenvalue weighted by atomic mass is 16.5. The zero-order valence-electron chi connectivity index (χ0n) is 14.9. The number of rotatable bonds is 5. The predicted octanol–water partition coefficient (Wildman–Crippen LogP) is 3.56. The van der Waals surface area contributed by atoms with Crippen molar-refractivity contribution in [2.24, 2.45) is 0 Å². The van der Waals surface area contributed by atoms with Gasteiger partial charge in [-0.1, -0.05) is 50.3 Å². The summed E-state index contributed by atoms with van der Waals surface area (Å²) in [7, 11) is 0. The van der Waals surface area contributed by atoms with Gasteiger partial charge in [0.1, 0.15) is 11.3 Å². The molecule has 2 aromatic carbocycles. The van der Waals surface area contributed by atoms with Crippen LogP contribution in [0.1, 0.15) is 32.8 Å². The van der Waals surface area contributed by atoms with Gasteiger partial charge >= 0.3 is 0 Å².